The summed E-state index contributed by atoms with van der Waals surface area (Å²) in [5.41, 5.74) is 5.60. The lowest BCUT2D eigenvalue weighted by Gasteiger charge is -2.17. The van der Waals surface area contributed by atoms with E-state index in [1.165, 1.54) is 4.90 Å². The number of amides is 1. The first-order chi connectivity index (χ1) is 6.47. The lowest BCUT2D eigenvalue weighted by molar-refractivity contribution is -0.138. The predicted octanol–water partition coefficient (Wildman–Crippen LogP) is 0.0469. The number of nitrogens with two attached hydrogens (primary N) is 1. The Morgan fingerprint density at radius 2 is 2.07 bits per heavy atom. The number of rotatable bonds is 6. The van der Waals surface area contributed by atoms with Gasteiger partial charge in [0.25, 0.3) is 0 Å². The van der Waals surface area contributed by atoms with Gasteiger partial charge in [-0.2, -0.15) is 0 Å². The van der Waals surface area contributed by atoms with Gasteiger partial charge < -0.3 is 15.7 Å². The monoisotopic (exact) mass is 202 g/mol. The van der Waals surface area contributed by atoms with E-state index < -0.39 is 5.97 Å². The maximum atomic E-state index is 11.4. The molecule has 5 heteroatoms. The topological polar surface area (TPSA) is 83.6 Å². The molecule has 0 aromatic heterocycles. The van der Waals surface area contributed by atoms with Crippen molar-refractivity contribution in [3.05, 3.63) is 0 Å². The summed E-state index contributed by atoms with van der Waals surface area (Å²) in [7, 11) is 1.59. The number of hydrogen-bond acceptors (Lipinski definition) is 3. The fourth-order valence-electron chi connectivity index (χ4n) is 0.913. The van der Waals surface area contributed by atoms with Crippen LogP contribution in [0.2, 0.25) is 0 Å². The molecular formula is C9H18N2O3. The van der Waals surface area contributed by atoms with Gasteiger partial charge in [0, 0.05) is 26.1 Å². The van der Waals surface area contributed by atoms with E-state index in [-0.39, 0.29) is 31.3 Å². The number of carboxylic acids is 1. The Hall–Kier alpha value is -1.10. The molecule has 5 nitrogen and oxygen atoms in total. The number of hydrogen-bond donors (Lipinski definition) is 2. The number of nitrogens with zero attached hydrogens (tertiary/aromatic N) is 1. The zero-order valence-corrected chi connectivity index (χ0v) is 8.69. The Morgan fingerprint density at radius 3 is 2.50 bits per heavy atom. The van der Waals surface area contributed by atoms with Gasteiger partial charge in [-0.3, -0.25) is 9.59 Å². The number of aliphatic carboxylic acids is 1. The van der Waals surface area contributed by atoms with E-state index in [1.54, 1.807) is 7.05 Å². The third-order valence-corrected chi connectivity index (χ3v) is 2.05. The van der Waals surface area contributed by atoms with Crippen LogP contribution in [-0.4, -0.2) is 41.5 Å². The average Bonchev–Trinajstić information content (AvgIpc) is 2.13. The van der Waals surface area contributed by atoms with Gasteiger partial charge >= 0.3 is 5.97 Å². The van der Waals surface area contributed by atoms with Crippen LogP contribution in [0.1, 0.15) is 26.2 Å². The molecule has 0 aliphatic carbocycles. The van der Waals surface area contributed by atoms with E-state index in [9.17, 15) is 9.59 Å². The number of carbonyl (C=O) groups is 2. The summed E-state index contributed by atoms with van der Waals surface area (Å²) in [5, 5.41) is 8.41. The summed E-state index contributed by atoms with van der Waals surface area (Å²) in [6, 6.07) is -0.130. The van der Waals surface area contributed by atoms with Gasteiger partial charge in [-0.1, -0.05) is 6.92 Å². The molecule has 3 N–H and O–H groups in total. The van der Waals surface area contributed by atoms with Crippen molar-refractivity contribution in [3.63, 3.8) is 0 Å². The molecule has 0 bridgehead atoms. The van der Waals surface area contributed by atoms with E-state index in [4.69, 9.17) is 10.8 Å². The molecule has 1 unspecified atom stereocenters. The molecule has 0 saturated heterocycles. The largest absolute Gasteiger partial charge is 0.481 e. The molecule has 1 atom stereocenters. The molecule has 0 fully saturated rings. The maximum absolute atomic E-state index is 11.4. The van der Waals surface area contributed by atoms with Crippen LogP contribution in [0.25, 0.3) is 0 Å². The third-order valence-electron chi connectivity index (χ3n) is 2.05. The molecule has 1 amide bonds. The molecule has 0 heterocycles. The third kappa shape index (κ3) is 5.53. The van der Waals surface area contributed by atoms with Crippen molar-refractivity contribution in [1.29, 1.82) is 0 Å². The summed E-state index contributed by atoms with van der Waals surface area (Å²) in [5.74, 6) is -0.995. The highest BCUT2D eigenvalue weighted by atomic mass is 16.4. The maximum Gasteiger partial charge on any atom is 0.305 e. The lowest BCUT2D eigenvalue weighted by Crippen LogP contribution is -2.34. The highest BCUT2D eigenvalue weighted by Gasteiger charge is 2.12. The van der Waals surface area contributed by atoms with E-state index in [1.807, 2.05) is 6.92 Å². The van der Waals surface area contributed by atoms with Gasteiger partial charge in [-0.25, -0.2) is 0 Å². The first-order valence-corrected chi connectivity index (χ1v) is 4.68. The van der Waals surface area contributed by atoms with Gasteiger partial charge in [0.15, 0.2) is 0 Å². The minimum absolute atomic E-state index is 0.0242. The van der Waals surface area contributed by atoms with Crippen molar-refractivity contribution < 1.29 is 14.7 Å². The molecule has 0 aliphatic rings. The van der Waals surface area contributed by atoms with E-state index in [0.717, 1.165) is 6.42 Å². The van der Waals surface area contributed by atoms with Crippen molar-refractivity contribution >= 4 is 11.9 Å². The summed E-state index contributed by atoms with van der Waals surface area (Å²) in [6.07, 6.45) is 1.01. The molecule has 82 valence electrons. The quantitative estimate of drug-likeness (QED) is 0.637. The van der Waals surface area contributed by atoms with Crippen LogP contribution < -0.4 is 5.73 Å². The second-order valence-electron chi connectivity index (χ2n) is 3.33. The van der Waals surface area contributed by atoms with Gasteiger partial charge in [0.05, 0.1) is 6.42 Å². The fourth-order valence-corrected chi connectivity index (χ4v) is 0.913. The van der Waals surface area contributed by atoms with Crippen molar-refractivity contribution in [1.82, 2.24) is 4.90 Å². The van der Waals surface area contributed by atoms with Gasteiger partial charge in [0.1, 0.15) is 0 Å². The van der Waals surface area contributed by atoms with E-state index in [2.05, 4.69) is 0 Å². The summed E-state index contributed by atoms with van der Waals surface area (Å²) >= 11 is 0. The number of carboxylic acid groups (broad SMARTS) is 1. The second kappa shape index (κ2) is 6.37. The summed E-state index contributed by atoms with van der Waals surface area (Å²) in [6.45, 7) is 2.15. The van der Waals surface area contributed by atoms with Crippen molar-refractivity contribution in [2.75, 3.05) is 13.6 Å². The molecule has 0 spiro atoms. The smallest absolute Gasteiger partial charge is 0.305 e. The Bertz CT molecular complexity index is 206. The van der Waals surface area contributed by atoms with E-state index in [0.29, 0.717) is 0 Å². The highest BCUT2D eigenvalue weighted by molar-refractivity contribution is 5.77. The summed E-state index contributed by atoms with van der Waals surface area (Å²) in [4.78, 5) is 23.0. The van der Waals surface area contributed by atoms with E-state index >= 15 is 0 Å². The number of carbonyl (C=O) groups excluding carboxylic acids is 1. The molecule has 14 heavy (non-hydrogen) atoms. The summed E-state index contributed by atoms with van der Waals surface area (Å²) < 4.78 is 0. The molecule has 0 aliphatic heterocycles. The zero-order chi connectivity index (χ0) is 11.1. The second-order valence-corrected chi connectivity index (χ2v) is 3.33. The zero-order valence-electron chi connectivity index (χ0n) is 8.69. The van der Waals surface area contributed by atoms with Crippen LogP contribution in [0, 0.1) is 0 Å². The predicted molar refractivity (Wildman–Crippen MR) is 52.8 cm³/mol. The standard InChI is InChI=1S/C9H18N2O3/c1-3-7(10)6-8(12)11(2)5-4-9(13)14/h7H,3-6,10H2,1-2H3,(H,13,14). The van der Waals surface area contributed by atoms with Crippen molar-refractivity contribution in [3.8, 4) is 0 Å². The minimum Gasteiger partial charge on any atom is -0.481 e. The van der Waals surface area contributed by atoms with Crippen molar-refractivity contribution in [2.45, 2.75) is 32.2 Å². The first kappa shape index (κ1) is 12.9. The van der Waals surface area contributed by atoms with Gasteiger partial charge in [0.2, 0.25) is 5.91 Å². The highest BCUT2D eigenvalue weighted by Crippen LogP contribution is 1.99. The Balaban J connectivity index is 3.81. The normalized spacial score (nSPS) is 12.2. The van der Waals surface area contributed by atoms with Crippen LogP contribution >= 0.6 is 0 Å². The van der Waals surface area contributed by atoms with Crippen LogP contribution in [0.5, 0.6) is 0 Å². The Morgan fingerprint density at radius 1 is 1.50 bits per heavy atom. The molecule has 0 aromatic carbocycles. The molecule has 0 radical (unpaired) electrons. The Kier molecular flexibility index (Phi) is 5.87. The van der Waals surface area contributed by atoms with Crippen LogP contribution in [0.15, 0.2) is 0 Å². The molecule has 0 rings (SSSR count). The van der Waals surface area contributed by atoms with Crippen LogP contribution in [0.3, 0.4) is 0 Å². The molecular weight excluding hydrogens is 184 g/mol. The average molecular weight is 202 g/mol. The van der Waals surface area contributed by atoms with Gasteiger partial charge in [-0.05, 0) is 6.42 Å². The first-order valence-electron chi connectivity index (χ1n) is 4.68. The SMILES string of the molecule is CCC(N)CC(=O)N(C)CCC(=O)O. The van der Waals surface area contributed by atoms with Crippen molar-refractivity contribution in [2.24, 2.45) is 5.73 Å². The lowest BCUT2D eigenvalue weighted by atomic mass is 10.1. The van der Waals surface area contributed by atoms with Gasteiger partial charge in [-0.15, -0.1) is 0 Å². The molecule has 0 saturated carbocycles. The van der Waals surface area contributed by atoms with Crippen LogP contribution in [0.4, 0.5) is 0 Å². The fraction of sp³-hybridized carbons (Fsp3) is 0.778. The minimum atomic E-state index is -0.899. The Labute approximate surface area is 83.9 Å². The molecule has 0 aromatic rings. The van der Waals surface area contributed by atoms with Crippen LogP contribution in [-0.2, 0) is 9.59 Å².